The Hall–Kier alpha value is -8.26. The Morgan fingerprint density at radius 3 is 0.841 bits per heavy atom. The van der Waals surface area contributed by atoms with Gasteiger partial charge in [-0.25, -0.2) is 0 Å². The van der Waals surface area contributed by atoms with Crippen LogP contribution in [0.3, 0.4) is 0 Å². The zero-order valence-corrected chi connectivity index (χ0v) is 34.8. The zero-order valence-electron chi connectivity index (χ0n) is 34.8. The molecule has 11 aromatic rings. The van der Waals surface area contributed by atoms with E-state index in [1.165, 1.54) is 88.3 Å². The van der Waals surface area contributed by atoms with Crippen molar-refractivity contribution in [2.75, 3.05) is 4.90 Å². The van der Waals surface area contributed by atoms with Crippen molar-refractivity contribution in [2.24, 2.45) is 0 Å². The summed E-state index contributed by atoms with van der Waals surface area (Å²) in [6.45, 7) is 0. The molecule has 0 aromatic heterocycles. The van der Waals surface area contributed by atoms with Crippen molar-refractivity contribution < 1.29 is 0 Å². The van der Waals surface area contributed by atoms with Crippen LogP contribution in [0.5, 0.6) is 0 Å². The maximum Gasteiger partial charge on any atom is 0.0462 e. The molecule has 0 amide bonds. The SMILES string of the molecule is c1ccc(-c2cccc(-c3ccc(N(c4ccc(-c5cccc(-c6ccccc6)c5)cc4)c4ccc(-c5ccc6ccc(-c7ccc8ccccc8c7)cc6c5)cc4)cc3)c2)cc1. The molecule has 0 N–H and O–H groups in total. The van der Waals surface area contributed by atoms with Gasteiger partial charge in [-0.1, -0.05) is 194 Å². The van der Waals surface area contributed by atoms with Crippen molar-refractivity contribution in [3.05, 3.63) is 261 Å². The predicted molar refractivity (Wildman–Crippen MR) is 269 cm³/mol. The minimum absolute atomic E-state index is 1.09. The molecule has 0 saturated carbocycles. The van der Waals surface area contributed by atoms with Crippen molar-refractivity contribution in [1.29, 1.82) is 0 Å². The van der Waals surface area contributed by atoms with Crippen molar-refractivity contribution in [1.82, 2.24) is 0 Å². The van der Waals surface area contributed by atoms with Gasteiger partial charge >= 0.3 is 0 Å². The number of nitrogens with zero attached hydrogens (tertiary/aromatic N) is 1. The second-order valence-electron chi connectivity index (χ2n) is 16.2. The van der Waals surface area contributed by atoms with E-state index >= 15 is 0 Å². The maximum absolute atomic E-state index is 2.36. The van der Waals surface area contributed by atoms with Crippen LogP contribution in [0.1, 0.15) is 0 Å². The first-order valence-corrected chi connectivity index (χ1v) is 21.6. The Bertz CT molecular complexity index is 3220. The van der Waals surface area contributed by atoms with E-state index in [9.17, 15) is 0 Å². The summed E-state index contributed by atoms with van der Waals surface area (Å²) in [6, 6.07) is 94.6. The molecule has 0 atom stereocenters. The van der Waals surface area contributed by atoms with E-state index in [0.717, 1.165) is 17.1 Å². The number of anilines is 3. The lowest BCUT2D eigenvalue weighted by atomic mass is 9.96. The van der Waals surface area contributed by atoms with Crippen molar-refractivity contribution in [3.8, 4) is 66.8 Å². The molecule has 0 bridgehead atoms. The van der Waals surface area contributed by atoms with E-state index in [-0.39, 0.29) is 0 Å². The molecule has 11 rings (SSSR count). The first-order valence-electron chi connectivity index (χ1n) is 21.6. The van der Waals surface area contributed by atoms with Gasteiger partial charge < -0.3 is 4.90 Å². The second kappa shape index (κ2) is 16.7. The van der Waals surface area contributed by atoms with Gasteiger partial charge in [0.25, 0.3) is 0 Å². The molecule has 63 heavy (non-hydrogen) atoms. The monoisotopic (exact) mass is 801 g/mol. The Balaban J connectivity index is 0.929. The van der Waals surface area contributed by atoms with Crippen LogP contribution in [0.4, 0.5) is 17.1 Å². The van der Waals surface area contributed by atoms with Crippen LogP contribution in [0.25, 0.3) is 88.3 Å². The molecule has 1 heteroatoms. The third kappa shape index (κ3) is 7.81. The van der Waals surface area contributed by atoms with Gasteiger partial charge in [-0.3, -0.25) is 0 Å². The largest absolute Gasteiger partial charge is 0.311 e. The fourth-order valence-corrected chi connectivity index (χ4v) is 8.85. The predicted octanol–water partition coefficient (Wildman–Crippen LogP) is 17.5. The van der Waals surface area contributed by atoms with Crippen LogP contribution in [-0.2, 0) is 0 Å². The highest BCUT2D eigenvalue weighted by Crippen LogP contribution is 2.39. The lowest BCUT2D eigenvalue weighted by molar-refractivity contribution is 1.28. The summed E-state index contributed by atoms with van der Waals surface area (Å²) in [4.78, 5) is 2.36. The molecular weight excluding hydrogens is 759 g/mol. The summed E-state index contributed by atoms with van der Waals surface area (Å²) in [5, 5.41) is 4.98. The molecule has 11 aromatic carbocycles. The number of benzene rings is 11. The van der Waals surface area contributed by atoms with Crippen LogP contribution in [0, 0.1) is 0 Å². The van der Waals surface area contributed by atoms with E-state index in [4.69, 9.17) is 0 Å². The molecule has 0 saturated heterocycles. The van der Waals surface area contributed by atoms with Gasteiger partial charge in [-0.15, -0.1) is 0 Å². The molecule has 0 aliphatic heterocycles. The van der Waals surface area contributed by atoms with E-state index in [0.29, 0.717) is 0 Å². The van der Waals surface area contributed by atoms with Crippen LogP contribution >= 0.6 is 0 Å². The van der Waals surface area contributed by atoms with Crippen LogP contribution in [0.15, 0.2) is 261 Å². The number of hydrogen-bond donors (Lipinski definition) is 0. The third-order valence-corrected chi connectivity index (χ3v) is 12.2. The second-order valence-corrected chi connectivity index (χ2v) is 16.2. The average Bonchev–Trinajstić information content (AvgIpc) is 3.37. The molecule has 0 radical (unpaired) electrons. The lowest BCUT2D eigenvalue weighted by Crippen LogP contribution is -2.09. The highest BCUT2D eigenvalue weighted by molar-refractivity contribution is 5.93. The summed E-state index contributed by atoms with van der Waals surface area (Å²) in [7, 11) is 0. The highest BCUT2D eigenvalue weighted by Gasteiger charge is 2.15. The smallest absolute Gasteiger partial charge is 0.0462 e. The van der Waals surface area contributed by atoms with Gasteiger partial charge in [0.1, 0.15) is 0 Å². The van der Waals surface area contributed by atoms with E-state index in [2.05, 4.69) is 266 Å². The highest BCUT2D eigenvalue weighted by atomic mass is 15.1. The molecule has 0 aliphatic rings. The fraction of sp³-hybridized carbons (Fsp3) is 0. The summed E-state index contributed by atoms with van der Waals surface area (Å²) >= 11 is 0. The summed E-state index contributed by atoms with van der Waals surface area (Å²) in [6.07, 6.45) is 0. The lowest BCUT2D eigenvalue weighted by Gasteiger charge is -2.26. The first kappa shape index (κ1) is 37.7. The number of fused-ring (bicyclic) bond motifs is 2. The summed E-state index contributed by atoms with van der Waals surface area (Å²) in [5.74, 6) is 0. The molecule has 296 valence electrons. The zero-order chi connectivity index (χ0) is 42.0. The molecule has 0 unspecified atom stereocenters. The molecule has 0 fully saturated rings. The van der Waals surface area contributed by atoms with Crippen molar-refractivity contribution in [3.63, 3.8) is 0 Å². The molecule has 0 spiro atoms. The normalized spacial score (nSPS) is 11.2. The molecular formula is C62H43N. The quantitative estimate of drug-likeness (QED) is 0.141. The number of hydrogen-bond acceptors (Lipinski definition) is 1. The first-order chi connectivity index (χ1) is 31.2. The molecule has 0 heterocycles. The van der Waals surface area contributed by atoms with Gasteiger partial charge in [-0.2, -0.15) is 0 Å². The van der Waals surface area contributed by atoms with E-state index in [1.807, 2.05) is 0 Å². The van der Waals surface area contributed by atoms with Gasteiger partial charge in [0.15, 0.2) is 0 Å². The molecule has 0 aliphatic carbocycles. The van der Waals surface area contributed by atoms with Crippen molar-refractivity contribution in [2.45, 2.75) is 0 Å². The summed E-state index contributed by atoms with van der Waals surface area (Å²) in [5.41, 5.74) is 17.7. The summed E-state index contributed by atoms with van der Waals surface area (Å²) < 4.78 is 0. The van der Waals surface area contributed by atoms with Gasteiger partial charge in [0.05, 0.1) is 0 Å². The van der Waals surface area contributed by atoms with E-state index in [1.54, 1.807) is 0 Å². The van der Waals surface area contributed by atoms with Crippen LogP contribution in [0.2, 0.25) is 0 Å². The Labute approximate surface area is 369 Å². The van der Waals surface area contributed by atoms with Gasteiger partial charge in [0, 0.05) is 17.1 Å². The fourth-order valence-electron chi connectivity index (χ4n) is 8.85. The van der Waals surface area contributed by atoms with Crippen LogP contribution < -0.4 is 4.90 Å². The molecule has 1 nitrogen and oxygen atoms in total. The van der Waals surface area contributed by atoms with Gasteiger partial charge in [0.2, 0.25) is 0 Å². The third-order valence-electron chi connectivity index (χ3n) is 12.2. The average molecular weight is 802 g/mol. The van der Waals surface area contributed by atoms with E-state index < -0.39 is 0 Å². The Morgan fingerprint density at radius 1 is 0.159 bits per heavy atom. The van der Waals surface area contributed by atoms with Gasteiger partial charge in [-0.05, 0) is 155 Å². The minimum Gasteiger partial charge on any atom is -0.311 e. The van der Waals surface area contributed by atoms with Crippen LogP contribution in [-0.4, -0.2) is 0 Å². The minimum atomic E-state index is 1.09. The Morgan fingerprint density at radius 2 is 0.429 bits per heavy atom. The number of rotatable bonds is 9. The standard InChI is InChI=1S/C62H43N/c1-3-11-44(12-4-1)52-17-9-19-54(39-52)47-27-33-60(34-28-47)63(61-35-29-48(30-36-61)55-20-10-18-53(40-55)45-13-5-2-6-14-45)62-37-31-49(32-38-62)56-24-22-50-23-26-58(43-59(50)42-56)57-25-21-46-15-7-8-16-51(46)41-57/h1-43H. The Kier molecular flexibility index (Phi) is 9.97. The maximum atomic E-state index is 2.36. The topological polar surface area (TPSA) is 3.24 Å². The van der Waals surface area contributed by atoms with Crippen molar-refractivity contribution >= 4 is 38.6 Å².